The van der Waals surface area contributed by atoms with Crippen molar-refractivity contribution in [3.8, 4) is 0 Å². The molecule has 0 aliphatic heterocycles. The second kappa shape index (κ2) is 11.5. The lowest BCUT2D eigenvalue weighted by Gasteiger charge is -2.17. The SMILES string of the molecule is CCNC(=NCCCn1ccnc1)NC(C)Cc1ccc(C)s1.I. The average molecular weight is 461 g/mol. The van der Waals surface area contributed by atoms with Crippen molar-refractivity contribution in [3.05, 3.63) is 40.6 Å². The Morgan fingerprint density at radius 1 is 1.42 bits per heavy atom. The monoisotopic (exact) mass is 461 g/mol. The van der Waals surface area contributed by atoms with E-state index in [1.165, 1.54) is 9.75 Å². The molecule has 0 saturated heterocycles. The summed E-state index contributed by atoms with van der Waals surface area (Å²) in [5, 5.41) is 6.82. The smallest absolute Gasteiger partial charge is 0.191 e. The van der Waals surface area contributed by atoms with Gasteiger partial charge in [0, 0.05) is 54.2 Å². The molecular formula is C17H28IN5S. The second-order valence-electron chi connectivity index (χ2n) is 5.68. The van der Waals surface area contributed by atoms with Gasteiger partial charge in [0.25, 0.3) is 0 Å². The van der Waals surface area contributed by atoms with Crippen LogP contribution in [0.25, 0.3) is 0 Å². The van der Waals surface area contributed by atoms with E-state index < -0.39 is 0 Å². The van der Waals surface area contributed by atoms with E-state index in [9.17, 15) is 0 Å². The summed E-state index contributed by atoms with van der Waals surface area (Å²) in [5.41, 5.74) is 0. The number of hydrogen-bond donors (Lipinski definition) is 2. The highest BCUT2D eigenvalue weighted by atomic mass is 127. The van der Waals surface area contributed by atoms with Gasteiger partial charge in [-0.3, -0.25) is 4.99 Å². The number of aromatic nitrogens is 2. The number of guanidine groups is 1. The van der Waals surface area contributed by atoms with E-state index in [1.807, 2.05) is 30.1 Å². The van der Waals surface area contributed by atoms with Gasteiger partial charge in [-0.05, 0) is 39.3 Å². The molecule has 2 aromatic heterocycles. The molecule has 2 aromatic rings. The van der Waals surface area contributed by atoms with Gasteiger partial charge in [-0.1, -0.05) is 0 Å². The first-order valence-corrected chi connectivity index (χ1v) is 9.05. The molecule has 1 unspecified atom stereocenters. The number of halogens is 1. The van der Waals surface area contributed by atoms with Crippen molar-refractivity contribution in [1.82, 2.24) is 20.2 Å². The fourth-order valence-electron chi connectivity index (χ4n) is 2.36. The van der Waals surface area contributed by atoms with Crippen molar-refractivity contribution in [3.63, 3.8) is 0 Å². The van der Waals surface area contributed by atoms with Gasteiger partial charge in [-0.15, -0.1) is 35.3 Å². The quantitative estimate of drug-likeness (QED) is 0.274. The topological polar surface area (TPSA) is 54.2 Å². The Balaban J connectivity index is 0.00000288. The highest BCUT2D eigenvalue weighted by molar-refractivity contribution is 14.0. The van der Waals surface area contributed by atoms with Gasteiger partial charge in [0.2, 0.25) is 0 Å². The maximum absolute atomic E-state index is 4.66. The van der Waals surface area contributed by atoms with Gasteiger partial charge in [0.1, 0.15) is 0 Å². The molecule has 1 atom stereocenters. The molecule has 0 aliphatic rings. The number of imidazole rings is 1. The summed E-state index contributed by atoms with van der Waals surface area (Å²) in [6.45, 7) is 9.07. The van der Waals surface area contributed by atoms with Gasteiger partial charge < -0.3 is 15.2 Å². The molecule has 0 spiro atoms. The van der Waals surface area contributed by atoms with Gasteiger partial charge in [-0.25, -0.2) is 4.98 Å². The molecule has 7 heteroatoms. The lowest BCUT2D eigenvalue weighted by atomic mass is 10.2. The Bertz CT molecular complexity index is 594. The molecular weight excluding hydrogens is 433 g/mol. The lowest BCUT2D eigenvalue weighted by Crippen LogP contribution is -2.43. The first-order chi connectivity index (χ1) is 11.2. The Kier molecular flexibility index (Phi) is 10.0. The van der Waals surface area contributed by atoms with E-state index in [-0.39, 0.29) is 24.0 Å². The minimum Gasteiger partial charge on any atom is -0.357 e. The fraction of sp³-hybridized carbons (Fsp3) is 0.529. The Labute approximate surface area is 166 Å². The third kappa shape index (κ3) is 7.65. The van der Waals surface area contributed by atoms with Crippen LogP contribution in [-0.4, -0.2) is 34.6 Å². The lowest BCUT2D eigenvalue weighted by molar-refractivity contribution is 0.629. The highest BCUT2D eigenvalue weighted by Crippen LogP contribution is 2.16. The molecule has 2 N–H and O–H groups in total. The number of hydrogen-bond acceptors (Lipinski definition) is 3. The maximum atomic E-state index is 4.66. The van der Waals surface area contributed by atoms with E-state index >= 15 is 0 Å². The van der Waals surface area contributed by atoms with Crippen molar-refractivity contribution in [1.29, 1.82) is 0 Å². The standard InChI is InChI=1S/C17H27N5S.HI/c1-4-19-17(20-8-5-10-22-11-9-18-13-22)21-14(2)12-16-7-6-15(3)23-16;/h6-7,9,11,13-14H,4-5,8,10,12H2,1-3H3,(H2,19,20,21);1H. The van der Waals surface area contributed by atoms with Crippen molar-refractivity contribution >= 4 is 41.3 Å². The maximum Gasteiger partial charge on any atom is 0.191 e. The van der Waals surface area contributed by atoms with E-state index in [0.29, 0.717) is 6.04 Å². The molecule has 0 saturated carbocycles. The first kappa shape index (κ1) is 21.0. The van der Waals surface area contributed by atoms with Crippen molar-refractivity contribution in [2.24, 2.45) is 4.99 Å². The zero-order valence-corrected chi connectivity index (χ0v) is 17.8. The fourth-order valence-corrected chi connectivity index (χ4v) is 3.38. The van der Waals surface area contributed by atoms with E-state index in [0.717, 1.165) is 38.4 Å². The van der Waals surface area contributed by atoms with Crippen LogP contribution in [-0.2, 0) is 13.0 Å². The van der Waals surface area contributed by atoms with Crippen molar-refractivity contribution < 1.29 is 0 Å². The second-order valence-corrected chi connectivity index (χ2v) is 7.05. The summed E-state index contributed by atoms with van der Waals surface area (Å²) in [6.07, 6.45) is 7.67. The zero-order chi connectivity index (χ0) is 16.5. The number of rotatable bonds is 8. The van der Waals surface area contributed by atoms with Crippen molar-refractivity contribution in [2.45, 2.75) is 46.2 Å². The van der Waals surface area contributed by atoms with Crippen LogP contribution in [0.15, 0.2) is 35.8 Å². The Hall–Kier alpha value is -1.09. The third-order valence-corrected chi connectivity index (χ3v) is 4.46. The van der Waals surface area contributed by atoms with Gasteiger partial charge >= 0.3 is 0 Å². The van der Waals surface area contributed by atoms with Crippen LogP contribution < -0.4 is 10.6 Å². The molecule has 0 aliphatic carbocycles. The van der Waals surface area contributed by atoms with Crippen LogP contribution in [0.4, 0.5) is 0 Å². The molecule has 24 heavy (non-hydrogen) atoms. The number of aryl methyl sites for hydroxylation is 2. The normalized spacial score (nSPS) is 12.5. The summed E-state index contributed by atoms with van der Waals surface area (Å²) in [7, 11) is 0. The summed E-state index contributed by atoms with van der Waals surface area (Å²) in [6, 6.07) is 4.76. The molecule has 0 aromatic carbocycles. The highest BCUT2D eigenvalue weighted by Gasteiger charge is 2.07. The predicted molar refractivity (Wildman–Crippen MR) is 114 cm³/mol. The zero-order valence-electron chi connectivity index (χ0n) is 14.7. The summed E-state index contributed by atoms with van der Waals surface area (Å²) in [4.78, 5) is 11.5. The van der Waals surface area contributed by atoms with Crippen LogP contribution in [0.1, 0.15) is 30.0 Å². The molecule has 0 fully saturated rings. The summed E-state index contributed by atoms with van der Waals surface area (Å²) in [5.74, 6) is 0.902. The first-order valence-electron chi connectivity index (χ1n) is 8.23. The van der Waals surface area contributed by atoms with Crippen LogP contribution in [0.3, 0.4) is 0 Å². The number of aliphatic imine (C=N–C) groups is 1. The van der Waals surface area contributed by atoms with E-state index in [1.54, 1.807) is 0 Å². The number of nitrogens with zero attached hydrogens (tertiary/aromatic N) is 3. The van der Waals surface area contributed by atoms with Crippen molar-refractivity contribution in [2.75, 3.05) is 13.1 Å². The largest absolute Gasteiger partial charge is 0.357 e. The third-order valence-electron chi connectivity index (χ3n) is 3.43. The van der Waals surface area contributed by atoms with Gasteiger partial charge in [-0.2, -0.15) is 0 Å². The van der Waals surface area contributed by atoms with Crippen LogP contribution >= 0.6 is 35.3 Å². The van der Waals surface area contributed by atoms with E-state index in [4.69, 9.17) is 0 Å². The predicted octanol–water partition coefficient (Wildman–Crippen LogP) is 3.45. The Morgan fingerprint density at radius 3 is 2.88 bits per heavy atom. The molecule has 134 valence electrons. The van der Waals surface area contributed by atoms with Crippen LogP contribution in [0.2, 0.25) is 0 Å². The number of thiophene rings is 1. The average Bonchev–Trinajstić information content (AvgIpc) is 3.15. The number of nitrogens with one attached hydrogen (secondary N) is 2. The Morgan fingerprint density at radius 2 is 2.25 bits per heavy atom. The molecule has 5 nitrogen and oxygen atoms in total. The van der Waals surface area contributed by atoms with Gasteiger partial charge in [0.05, 0.1) is 6.33 Å². The van der Waals surface area contributed by atoms with E-state index in [2.05, 4.69) is 58.1 Å². The summed E-state index contributed by atoms with van der Waals surface area (Å²) >= 11 is 1.87. The minimum absolute atomic E-state index is 0. The van der Waals surface area contributed by atoms with Crippen LogP contribution in [0, 0.1) is 6.92 Å². The molecule has 0 bridgehead atoms. The van der Waals surface area contributed by atoms with Gasteiger partial charge in [0.15, 0.2) is 5.96 Å². The van der Waals surface area contributed by atoms with Crippen LogP contribution in [0.5, 0.6) is 0 Å². The minimum atomic E-state index is 0. The molecule has 0 amide bonds. The summed E-state index contributed by atoms with van der Waals surface area (Å²) < 4.78 is 2.08. The molecule has 2 heterocycles. The molecule has 0 radical (unpaired) electrons. The molecule has 2 rings (SSSR count).